The number of benzene rings is 1. The summed E-state index contributed by atoms with van der Waals surface area (Å²) >= 11 is 0. The van der Waals surface area contributed by atoms with Crippen molar-refractivity contribution >= 4 is 16.8 Å². The van der Waals surface area contributed by atoms with Gasteiger partial charge in [-0.3, -0.25) is 9.78 Å². The molecular formula is C22H22F2N2O. The molecule has 0 N–H and O–H groups in total. The van der Waals surface area contributed by atoms with Crippen molar-refractivity contribution in [2.45, 2.75) is 68.4 Å². The third kappa shape index (κ3) is 2.00. The third-order valence-corrected chi connectivity index (χ3v) is 7.64. The minimum atomic E-state index is -2.51. The molecule has 4 aliphatic rings. The van der Waals surface area contributed by atoms with Crippen molar-refractivity contribution in [1.82, 2.24) is 9.88 Å². The minimum Gasteiger partial charge on any atom is -0.336 e. The topological polar surface area (TPSA) is 33.2 Å². The molecule has 140 valence electrons. The quantitative estimate of drug-likeness (QED) is 0.785. The number of aromatic nitrogens is 1. The molecule has 6 rings (SSSR count). The van der Waals surface area contributed by atoms with Crippen LogP contribution in [0.1, 0.15) is 50.5 Å². The van der Waals surface area contributed by atoms with Gasteiger partial charge in [0.2, 0.25) is 5.91 Å². The predicted molar refractivity (Wildman–Crippen MR) is 97.5 cm³/mol. The van der Waals surface area contributed by atoms with Gasteiger partial charge in [-0.25, -0.2) is 8.78 Å². The fourth-order valence-corrected chi connectivity index (χ4v) is 5.99. The molecule has 5 heteroatoms. The van der Waals surface area contributed by atoms with Crippen molar-refractivity contribution in [3.63, 3.8) is 0 Å². The van der Waals surface area contributed by atoms with Crippen LogP contribution in [0.4, 0.5) is 8.78 Å². The van der Waals surface area contributed by atoms with E-state index in [0.717, 1.165) is 42.1 Å². The van der Waals surface area contributed by atoms with Crippen molar-refractivity contribution in [1.29, 1.82) is 0 Å². The first-order valence-electron chi connectivity index (χ1n) is 10.0. The number of alkyl halides is 2. The minimum absolute atomic E-state index is 0.00444. The number of rotatable bonds is 2. The number of para-hydroxylation sites is 1. The zero-order valence-corrected chi connectivity index (χ0v) is 15.1. The van der Waals surface area contributed by atoms with E-state index in [0.29, 0.717) is 12.8 Å². The Morgan fingerprint density at radius 3 is 2.37 bits per heavy atom. The lowest BCUT2D eigenvalue weighted by Gasteiger charge is -2.41. The molecule has 1 spiro atoms. The highest BCUT2D eigenvalue weighted by Crippen LogP contribution is 2.70. The molecule has 27 heavy (non-hydrogen) atoms. The van der Waals surface area contributed by atoms with Crippen molar-refractivity contribution in [2.24, 2.45) is 5.41 Å². The van der Waals surface area contributed by atoms with Crippen LogP contribution in [-0.4, -0.2) is 33.8 Å². The van der Waals surface area contributed by atoms with Crippen molar-refractivity contribution < 1.29 is 13.6 Å². The summed E-state index contributed by atoms with van der Waals surface area (Å²) in [5.74, 6) is -2.34. The molecule has 1 amide bonds. The second-order valence-corrected chi connectivity index (χ2v) is 9.12. The Hall–Kier alpha value is -2.04. The molecule has 2 aliphatic carbocycles. The molecule has 1 aromatic carbocycles. The van der Waals surface area contributed by atoms with E-state index >= 15 is 0 Å². The number of hydrogen-bond acceptors (Lipinski definition) is 2. The molecule has 0 radical (unpaired) electrons. The van der Waals surface area contributed by atoms with Gasteiger partial charge in [0.25, 0.3) is 5.92 Å². The van der Waals surface area contributed by atoms with Crippen LogP contribution >= 0.6 is 0 Å². The van der Waals surface area contributed by atoms with Gasteiger partial charge in [-0.1, -0.05) is 18.2 Å². The monoisotopic (exact) mass is 368 g/mol. The SMILES string of the molecule is O=C(N1C2CCC1CC1(C2)CC1(F)F)C1(c2ccnc3ccccc23)CC1. The summed E-state index contributed by atoms with van der Waals surface area (Å²) in [7, 11) is 0. The molecule has 2 saturated carbocycles. The van der Waals surface area contributed by atoms with Gasteiger partial charge in [-0.2, -0.15) is 0 Å². The van der Waals surface area contributed by atoms with Gasteiger partial charge >= 0.3 is 0 Å². The van der Waals surface area contributed by atoms with E-state index in [-0.39, 0.29) is 24.4 Å². The van der Waals surface area contributed by atoms with Crippen molar-refractivity contribution in [3.05, 3.63) is 42.1 Å². The highest BCUT2D eigenvalue weighted by atomic mass is 19.3. The maximum absolute atomic E-state index is 14.0. The van der Waals surface area contributed by atoms with Crippen LogP contribution in [-0.2, 0) is 10.2 Å². The van der Waals surface area contributed by atoms with Crippen LogP contribution in [0.25, 0.3) is 10.9 Å². The Balaban J connectivity index is 1.36. The van der Waals surface area contributed by atoms with Gasteiger partial charge in [0.15, 0.2) is 0 Å². The lowest BCUT2D eigenvalue weighted by Crippen LogP contribution is -2.51. The number of halogens is 2. The number of fused-ring (bicyclic) bond motifs is 3. The molecule has 2 atom stereocenters. The van der Waals surface area contributed by atoms with Crippen LogP contribution in [0.5, 0.6) is 0 Å². The predicted octanol–water partition coefficient (Wildman–Crippen LogP) is 4.45. The highest BCUT2D eigenvalue weighted by molar-refractivity contribution is 5.97. The number of pyridine rings is 1. The van der Waals surface area contributed by atoms with Crippen molar-refractivity contribution in [2.75, 3.05) is 0 Å². The Labute approximate surface area is 156 Å². The highest BCUT2D eigenvalue weighted by Gasteiger charge is 2.74. The van der Waals surface area contributed by atoms with Crippen LogP contribution in [0.2, 0.25) is 0 Å². The second kappa shape index (κ2) is 4.86. The van der Waals surface area contributed by atoms with Gasteiger partial charge in [-0.15, -0.1) is 0 Å². The number of nitrogens with zero attached hydrogens (tertiary/aromatic N) is 2. The first-order valence-corrected chi connectivity index (χ1v) is 10.0. The molecule has 2 unspecified atom stereocenters. The fraction of sp³-hybridized carbons (Fsp3) is 0.545. The number of amides is 1. The number of carbonyl (C=O) groups is 1. The number of carbonyl (C=O) groups excluding carboxylic acids is 1. The standard InChI is InChI=1S/C22H22F2N2O/c23-22(24)13-20(22)11-14-5-6-15(12-20)26(14)19(27)21(8-9-21)17-7-10-25-18-4-2-1-3-16(17)18/h1-4,7,10,14-15H,5-6,8-9,11-13H2. The molecule has 2 bridgehead atoms. The average Bonchev–Trinajstić information content (AvgIpc) is 3.52. The summed E-state index contributed by atoms with van der Waals surface area (Å²) in [5.41, 5.74) is 0.692. The van der Waals surface area contributed by atoms with Gasteiger partial charge in [-0.05, 0) is 56.2 Å². The zero-order valence-electron chi connectivity index (χ0n) is 15.1. The Bertz CT molecular complexity index is 948. The molecule has 2 aromatic rings. The Kier molecular flexibility index (Phi) is 2.88. The normalized spacial score (nSPS) is 34.8. The van der Waals surface area contributed by atoms with E-state index in [1.54, 1.807) is 6.20 Å². The zero-order chi connectivity index (χ0) is 18.4. The third-order valence-electron chi connectivity index (χ3n) is 7.64. The first kappa shape index (κ1) is 16.0. The van der Waals surface area contributed by atoms with Crippen LogP contribution in [0.3, 0.4) is 0 Å². The van der Waals surface area contributed by atoms with E-state index in [2.05, 4.69) is 4.98 Å². The van der Waals surface area contributed by atoms with Crippen molar-refractivity contribution in [3.8, 4) is 0 Å². The Morgan fingerprint density at radius 2 is 1.74 bits per heavy atom. The summed E-state index contributed by atoms with van der Waals surface area (Å²) in [5, 5.41) is 1.04. The largest absolute Gasteiger partial charge is 0.336 e. The van der Waals surface area contributed by atoms with Gasteiger partial charge in [0, 0.05) is 35.5 Å². The Morgan fingerprint density at radius 1 is 1.07 bits per heavy atom. The molecule has 3 heterocycles. The van der Waals surface area contributed by atoms with Gasteiger partial charge in [0.05, 0.1) is 10.9 Å². The molecule has 3 nitrogen and oxygen atoms in total. The summed E-state index contributed by atoms with van der Waals surface area (Å²) in [4.78, 5) is 20.1. The van der Waals surface area contributed by atoms with Gasteiger partial charge < -0.3 is 4.90 Å². The maximum atomic E-state index is 14.0. The van der Waals surface area contributed by atoms with E-state index in [9.17, 15) is 13.6 Å². The second-order valence-electron chi connectivity index (χ2n) is 9.12. The molecule has 2 saturated heterocycles. The van der Waals surface area contributed by atoms with E-state index in [1.807, 2.05) is 35.2 Å². The summed E-state index contributed by atoms with van der Waals surface area (Å²) in [6.07, 6.45) is 6.21. The van der Waals surface area contributed by atoms with E-state index in [4.69, 9.17) is 0 Å². The van der Waals surface area contributed by atoms with Crippen LogP contribution < -0.4 is 0 Å². The van der Waals surface area contributed by atoms with Crippen LogP contribution in [0.15, 0.2) is 36.5 Å². The lowest BCUT2D eigenvalue weighted by molar-refractivity contribution is -0.140. The van der Waals surface area contributed by atoms with Gasteiger partial charge in [0.1, 0.15) is 0 Å². The molecule has 2 aliphatic heterocycles. The average molecular weight is 368 g/mol. The summed E-state index contributed by atoms with van der Waals surface area (Å²) in [6.45, 7) is 0. The first-order chi connectivity index (χ1) is 13.0. The maximum Gasteiger partial charge on any atom is 0.254 e. The molecular weight excluding hydrogens is 346 g/mol. The number of piperidine rings is 1. The summed E-state index contributed by atoms with van der Waals surface area (Å²) in [6, 6.07) is 9.93. The summed E-state index contributed by atoms with van der Waals surface area (Å²) < 4.78 is 27.9. The molecule has 4 fully saturated rings. The molecule has 1 aromatic heterocycles. The fourth-order valence-electron chi connectivity index (χ4n) is 5.99. The smallest absolute Gasteiger partial charge is 0.254 e. The lowest BCUT2D eigenvalue weighted by atomic mass is 9.84. The number of hydrogen-bond donors (Lipinski definition) is 0. The van der Waals surface area contributed by atoms with E-state index < -0.39 is 16.8 Å². The van der Waals surface area contributed by atoms with Crippen LogP contribution in [0, 0.1) is 5.41 Å². The van der Waals surface area contributed by atoms with E-state index in [1.165, 1.54) is 0 Å².